The van der Waals surface area contributed by atoms with Crippen LogP contribution in [0.25, 0.3) is 10.2 Å². The largest absolute Gasteiger partial charge is 0.497 e. The fourth-order valence-corrected chi connectivity index (χ4v) is 5.53. The fraction of sp³-hybridized carbons (Fsp3) is 0.280. The summed E-state index contributed by atoms with van der Waals surface area (Å²) in [7, 11) is 1.56. The second-order valence-corrected chi connectivity index (χ2v) is 9.23. The Kier molecular flexibility index (Phi) is 5.46. The van der Waals surface area contributed by atoms with Gasteiger partial charge in [0.2, 0.25) is 11.8 Å². The third-order valence-corrected chi connectivity index (χ3v) is 7.31. The van der Waals surface area contributed by atoms with Gasteiger partial charge in [0.05, 0.1) is 34.8 Å². The normalized spacial score (nSPS) is 20.7. The van der Waals surface area contributed by atoms with Gasteiger partial charge in [-0.25, -0.2) is 4.98 Å². The lowest BCUT2D eigenvalue weighted by Gasteiger charge is -2.28. The summed E-state index contributed by atoms with van der Waals surface area (Å²) in [6.45, 7) is 1.61. The molecular weight excluding hydrogens is 438 g/mol. The van der Waals surface area contributed by atoms with Crippen molar-refractivity contribution in [2.75, 3.05) is 12.0 Å². The monoisotopic (exact) mass is 461 g/mol. The van der Waals surface area contributed by atoms with Gasteiger partial charge in [-0.2, -0.15) is 0 Å². The van der Waals surface area contributed by atoms with Crippen LogP contribution in [0.2, 0.25) is 0 Å². The van der Waals surface area contributed by atoms with Crippen LogP contribution in [0.4, 0.5) is 10.8 Å². The number of carbonyl (C=O) groups excluding carboxylic acids is 3. The van der Waals surface area contributed by atoms with Gasteiger partial charge >= 0.3 is 0 Å². The number of rotatable bonds is 5. The van der Waals surface area contributed by atoms with Crippen LogP contribution in [0.1, 0.15) is 19.8 Å². The van der Waals surface area contributed by atoms with Crippen molar-refractivity contribution in [2.24, 2.45) is 11.8 Å². The molecule has 8 heteroatoms. The summed E-state index contributed by atoms with van der Waals surface area (Å²) in [5.41, 5.74) is 1.33. The Morgan fingerprint density at radius 1 is 1.09 bits per heavy atom. The first kappa shape index (κ1) is 21.3. The summed E-state index contributed by atoms with van der Waals surface area (Å²) in [5.74, 6) is -1.12. The SMILES string of the molecule is COc1cccc(N(C(=O)[C@H](C)N2C(=O)[C@H]3CC=CC[C@@H]3C2=O)c2nc3ccccc3s2)c1. The molecule has 2 aliphatic rings. The van der Waals surface area contributed by atoms with Crippen LogP contribution in [-0.4, -0.2) is 40.8 Å². The van der Waals surface area contributed by atoms with Crippen LogP contribution >= 0.6 is 11.3 Å². The lowest BCUT2D eigenvalue weighted by molar-refractivity contribution is -0.146. The van der Waals surface area contributed by atoms with E-state index in [2.05, 4.69) is 4.98 Å². The van der Waals surface area contributed by atoms with Gasteiger partial charge in [0.25, 0.3) is 5.91 Å². The molecule has 1 aliphatic carbocycles. The molecule has 33 heavy (non-hydrogen) atoms. The Morgan fingerprint density at radius 2 is 1.79 bits per heavy atom. The first-order valence-electron chi connectivity index (χ1n) is 10.8. The van der Waals surface area contributed by atoms with Gasteiger partial charge in [-0.1, -0.05) is 41.7 Å². The zero-order chi connectivity index (χ0) is 23.1. The number of methoxy groups -OCH3 is 1. The molecule has 2 heterocycles. The van der Waals surface area contributed by atoms with Gasteiger partial charge in [-0.05, 0) is 44.0 Å². The molecule has 0 saturated carbocycles. The minimum absolute atomic E-state index is 0.273. The number of allylic oxidation sites excluding steroid dienone is 2. The third-order valence-electron chi connectivity index (χ3n) is 6.29. The van der Waals surface area contributed by atoms with Crippen LogP contribution < -0.4 is 9.64 Å². The number of anilines is 2. The number of hydrogen-bond donors (Lipinski definition) is 0. The summed E-state index contributed by atoms with van der Waals surface area (Å²) >= 11 is 1.38. The number of likely N-dealkylation sites (tertiary alicyclic amines) is 1. The number of ether oxygens (including phenoxy) is 1. The first-order chi connectivity index (χ1) is 16.0. The molecular formula is C25H23N3O4S. The van der Waals surface area contributed by atoms with E-state index in [1.807, 2.05) is 36.4 Å². The van der Waals surface area contributed by atoms with Crippen molar-refractivity contribution < 1.29 is 19.1 Å². The number of aromatic nitrogens is 1. The molecule has 3 amide bonds. The minimum Gasteiger partial charge on any atom is -0.497 e. The van der Waals surface area contributed by atoms with Crippen molar-refractivity contribution in [1.82, 2.24) is 9.88 Å². The molecule has 3 aromatic rings. The van der Waals surface area contributed by atoms with Gasteiger partial charge in [-0.3, -0.25) is 24.2 Å². The smallest absolute Gasteiger partial charge is 0.256 e. The first-order valence-corrected chi connectivity index (χ1v) is 11.7. The maximum atomic E-state index is 13.9. The van der Waals surface area contributed by atoms with E-state index in [-0.39, 0.29) is 23.7 Å². The standard InChI is InChI=1S/C25H23N3O4S/c1-15(27-23(30)18-10-3-4-11-19(18)24(27)31)22(29)28(16-8-7-9-17(14-16)32-2)25-26-20-12-5-6-13-21(20)33-25/h3-9,12-15,18-19H,10-11H2,1-2H3/t15-,18-,19-/m0/s1. The van der Waals surface area contributed by atoms with E-state index in [1.165, 1.54) is 16.2 Å². The molecule has 0 N–H and O–H groups in total. The Hall–Kier alpha value is -3.52. The number of para-hydroxylation sites is 1. The van der Waals surface area contributed by atoms with Crippen LogP contribution in [-0.2, 0) is 14.4 Å². The highest BCUT2D eigenvalue weighted by Gasteiger charge is 2.50. The van der Waals surface area contributed by atoms with E-state index in [0.29, 0.717) is 29.4 Å². The van der Waals surface area contributed by atoms with Gasteiger partial charge < -0.3 is 4.74 Å². The van der Waals surface area contributed by atoms with Crippen LogP contribution in [0.3, 0.4) is 0 Å². The van der Waals surface area contributed by atoms with Crippen molar-refractivity contribution in [3.63, 3.8) is 0 Å². The van der Waals surface area contributed by atoms with Crippen LogP contribution in [0, 0.1) is 11.8 Å². The zero-order valence-corrected chi connectivity index (χ0v) is 19.1. The molecule has 0 radical (unpaired) electrons. The van der Waals surface area contributed by atoms with Crippen molar-refractivity contribution in [3.8, 4) is 5.75 Å². The van der Waals surface area contributed by atoms with Crippen molar-refractivity contribution in [1.29, 1.82) is 0 Å². The predicted octanol–water partition coefficient (Wildman–Crippen LogP) is 4.31. The second kappa shape index (κ2) is 8.44. The molecule has 1 saturated heterocycles. The summed E-state index contributed by atoms with van der Waals surface area (Å²) in [4.78, 5) is 47.4. The average molecular weight is 462 g/mol. The van der Waals surface area contributed by atoms with Gasteiger partial charge in [0.1, 0.15) is 11.8 Å². The molecule has 0 bridgehead atoms. The lowest BCUT2D eigenvalue weighted by Crippen LogP contribution is -2.48. The van der Waals surface area contributed by atoms with E-state index in [9.17, 15) is 14.4 Å². The highest BCUT2D eigenvalue weighted by atomic mass is 32.1. The number of carbonyl (C=O) groups is 3. The number of thiazole rings is 1. The third kappa shape index (κ3) is 3.60. The Bertz CT molecular complexity index is 1220. The van der Waals surface area contributed by atoms with E-state index < -0.39 is 11.9 Å². The molecule has 7 nitrogen and oxygen atoms in total. The Labute approximate surface area is 195 Å². The zero-order valence-electron chi connectivity index (χ0n) is 18.3. The van der Waals surface area contributed by atoms with Crippen molar-refractivity contribution in [2.45, 2.75) is 25.8 Å². The summed E-state index contributed by atoms with van der Waals surface area (Å²) in [6.07, 6.45) is 4.94. The van der Waals surface area contributed by atoms with E-state index >= 15 is 0 Å². The van der Waals surface area contributed by atoms with Crippen molar-refractivity contribution in [3.05, 3.63) is 60.7 Å². The summed E-state index contributed by atoms with van der Waals surface area (Å²) in [6, 6.07) is 13.8. The predicted molar refractivity (Wildman–Crippen MR) is 126 cm³/mol. The fourth-order valence-electron chi connectivity index (χ4n) is 4.54. The van der Waals surface area contributed by atoms with E-state index in [4.69, 9.17) is 4.74 Å². The molecule has 1 fully saturated rings. The van der Waals surface area contributed by atoms with E-state index in [1.54, 1.807) is 38.3 Å². The molecule has 1 aromatic heterocycles. The molecule has 1 aliphatic heterocycles. The quantitative estimate of drug-likeness (QED) is 0.418. The van der Waals surface area contributed by atoms with Crippen LogP contribution in [0.5, 0.6) is 5.75 Å². The number of fused-ring (bicyclic) bond motifs is 2. The highest BCUT2D eigenvalue weighted by Crippen LogP contribution is 2.39. The second-order valence-electron chi connectivity index (χ2n) is 8.22. The lowest BCUT2D eigenvalue weighted by atomic mass is 9.85. The molecule has 168 valence electrons. The number of amides is 3. The Balaban J connectivity index is 1.55. The molecule has 2 aromatic carbocycles. The summed E-state index contributed by atoms with van der Waals surface area (Å²) in [5, 5.41) is 0.472. The number of nitrogens with zero attached hydrogens (tertiary/aromatic N) is 3. The molecule has 5 rings (SSSR count). The highest BCUT2D eigenvalue weighted by molar-refractivity contribution is 7.22. The number of imide groups is 1. The Morgan fingerprint density at radius 3 is 2.45 bits per heavy atom. The summed E-state index contributed by atoms with van der Waals surface area (Å²) < 4.78 is 6.29. The van der Waals surface area contributed by atoms with Gasteiger partial charge in [0, 0.05) is 6.07 Å². The van der Waals surface area contributed by atoms with Crippen molar-refractivity contribution >= 4 is 50.1 Å². The average Bonchev–Trinajstić information content (AvgIpc) is 3.37. The topological polar surface area (TPSA) is 79.8 Å². The van der Waals surface area contributed by atoms with Gasteiger partial charge in [0.15, 0.2) is 5.13 Å². The van der Waals surface area contributed by atoms with E-state index in [0.717, 1.165) is 15.1 Å². The maximum absolute atomic E-state index is 13.9. The van der Waals surface area contributed by atoms with Gasteiger partial charge in [-0.15, -0.1) is 0 Å². The number of benzene rings is 2. The number of hydrogen-bond acceptors (Lipinski definition) is 6. The molecule has 0 spiro atoms. The molecule has 0 unspecified atom stereocenters. The molecule has 3 atom stereocenters. The van der Waals surface area contributed by atoms with Crippen LogP contribution in [0.15, 0.2) is 60.7 Å². The minimum atomic E-state index is -0.964. The maximum Gasteiger partial charge on any atom is 0.256 e.